The molecule has 0 spiro atoms. The van der Waals surface area contributed by atoms with Crippen LogP contribution in [0, 0.1) is 0 Å². The number of benzene rings is 2. The largest absolute Gasteiger partial charge is 0.491 e. The van der Waals surface area contributed by atoms with Crippen LogP contribution in [0.15, 0.2) is 48.5 Å². The Morgan fingerprint density at radius 1 is 0.447 bits per heavy atom. The predicted octanol–water partition coefficient (Wildman–Crippen LogP) is 4.77. The molecule has 256 valence electrons. The molecule has 0 aliphatic rings. The molecular weight excluding hydrogens is 616 g/mol. The van der Waals surface area contributed by atoms with Gasteiger partial charge in [0, 0.05) is 26.7 Å². The highest BCUT2D eigenvalue weighted by molar-refractivity contribution is 5.97. The lowest BCUT2D eigenvalue weighted by molar-refractivity contribution is -0.158. The average Bonchev–Trinajstić information content (AvgIpc) is 3.03. The van der Waals surface area contributed by atoms with Crippen LogP contribution in [0.5, 0.6) is 11.5 Å². The van der Waals surface area contributed by atoms with Gasteiger partial charge in [0.25, 0.3) is 0 Å². The molecule has 0 aliphatic carbocycles. The molecule has 0 atom stereocenters. The third-order valence-corrected chi connectivity index (χ3v) is 6.26. The molecule has 2 rings (SSSR count). The van der Waals surface area contributed by atoms with Gasteiger partial charge in [0.1, 0.15) is 24.7 Å². The summed E-state index contributed by atoms with van der Waals surface area (Å²) in [6, 6.07) is 12.5. The van der Waals surface area contributed by atoms with Crippen LogP contribution in [-0.4, -0.2) is 75.5 Å². The zero-order valence-corrected chi connectivity index (χ0v) is 26.8. The average molecular weight is 659 g/mol. The summed E-state index contributed by atoms with van der Waals surface area (Å²) in [7, 11) is 0. The molecule has 0 aliphatic heterocycles. The third-order valence-electron chi connectivity index (χ3n) is 6.26. The normalized spacial score (nSPS) is 10.5. The molecule has 0 amide bonds. The van der Waals surface area contributed by atoms with Crippen molar-refractivity contribution in [2.24, 2.45) is 0 Å². The molecule has 2 aromatic rings. The molecule has 0 aromatic heterocycles. The number of ether oxygens (including phenoxy) is 7. The lowest BCUT2D eigenvalue weighted by Crippen LogP contribution is -2.14. The van der Waals surface area contributed by atoms with Gasteiger partial charge in [-0.1, -0.05) is 25.7 Å². The van der Waals surface area contributed by atoms with Crippen LogP contribution in [0.25, 0.3) is 0 Å². The fourth-order valence-electron chi connectivity index (χ4n) is 3.99. The second-order valence-corrected chi connectivity index (χ2v) is 10.2. The lowest BCUT2D eigenvalue weighted by Gasteiger charge is -2.09. The highest BCUT2D eigenvalue weighted by Crippen LogP contribution is 2.15. The highest BCUT2D eigenvalue weighted by atomic mass is 16.6. The van der Waals surface area contributed by atoms with Crippen molar-refractivity contribution in [3.8, 4) is 11.5 Å². The fraction of sp³-hybridized carbons (Fsp3) is 0.471. The van der Waals surface area contributed by atoms with E-state index in [4.69, 9.17) is 23.7 Å². The first-order valence-corrected chi connectivity index (χ1v) is 15.4. The van der Waals surface area contributed by atoms with Gasteiger partial charge in [0.2, 0.25) is 0 Å². The van der Waals surface area contributed by atoms with Gasteiger partial charge in [0.05, 0.1) is 37.6 Å². The summed E-state index contributed by atoms with van der Waals surface area (Å²) in [5.74, 6) is -2.74. The Kier molecular flexibility index (Phi) is 18.7. The maximum Gasteiger partial charge on any atom is 0.345 e. The van der Waals surface area contributed by atoms with Crippen molar-refractivity contribution in [2.45, 2.75) is 65.2 Å². The smallest absolute Gasteiger partial charge is 0.345 e. The van der Waals surface area contributed by atoms with E-state index in [0.29, 0.717) is 57.4 Å². The van der Waals surface area contributed by atoms with Crippen LogP contribution in [0.3, 0.4) is 0 Å². The van der Waals surface area contributed by atoms with Crippen LogP contribution in [0.4, 0.5) is 0 Å². The van der Waals surface area contributed by atoms with Crippen LogP contribution in [-0.2, 0) is 42.9 Å². The Bertz CT molecular complexity index is 1290. The summed E-state index contributed by atoms with van der Waals surface area (Å²) in [5.41, 5.74) is 0.480. The maximum absolute atomic E-state index is 12.3. The van der Waals surface area contributed by atoms with Gasteiger partial charge in [0.15, 0.2) is 0 Å². The summed E-state index contributed by atoms with van der Waals surface area (Å²) in [4.78, 5) is 68.7. The van der Waals surface area contributed by atoms with E-state index in [2.05, 4.69) is 9.47 Å². The van der Waals surface area contributed by atoms with Gasteiger partial charge in [-0.2, -0.15) is 0 Å². The fourth-order valence-corrected chi connectivity index (χ4v) is 3.99. The van der Waals surface area contributed by atoms with Crippen molar-refractivity contribution >= 4 is 35.8 Å². The number of unbranched alkanes of at least 4 members (excludes halogenated alkanes) is 5. The van der Waals surface area contributed by atoms with Crippen molar-refractivity contribution in [3.63, 3.8) is 0 Å². The quantitative estimate of drug-likeness (QED) is 0.0735. The molecule has 0 heterocycles. The zero-order valence-electron chi connectivity index (χ0n) is 26.8. The number of carbonyl (C=O) groups is 6. The minimum atomic E-state index is -0.724. The molecule has 0 N–H and O–H groups in total. The van der Waals surface area contributed by atoms with Crippen molar-refractivity contribution in [3.05, 3.63) is 59.7 Å². The topological polar surface area (TPSA) is 167 Å². The molecule has 13 heteroatoms. The number of carbonyl (C=O) groups excluding carboxylic acids is 6. The summed E-state index contributed by atoms with van der Waals surface area (Å²) < 4.78 is 36.0. The summed E-state index contributed by atoms with van der Waals surface area (Å²) in [6.07, 6.45) is 4.96. The maximum atomic E-state index is 12.3. The Labute approximate surface area is 273 Å². The SMILES string of the molecule is CC(=O)OC(=O)CCCCCCCCC(=O)OC(=O)c1ccc(OCCOCCOCCOc2ccc(C(=O)OC(C)=O)cc2)cc1. The minimum absolute atomic E-state index is 0.135. The number of rotatable bonds is 22. The molecule has 0 saturated heterocycles. The van der Waals surface area contributed by atoms with E-state index in [-0.39, 0.29) is 30.6 Å². The first kappa shape index (κ1) is 38.6. The summed E-state index contributed by atoms with van der Waals surface area (Å²) in [6.45, 7) is 4.31. The predicted molar refractivity (Wildman–Crippen MR) is 166 cm³/mol. The van der Waals surface area contributed by atoms with Gasteiger partial charge in [-0.25, -0.2) is 9.59 Å². The van der Waals surface area contributed by atoms with Gasteiger partial charge in [-0.15, -0.1) is 0 Å². The molecule has 0 bridgehead atoms. The van der Waals surface area contributed by atoms with Crippen LogP contribution < -0.4 is 9.47 Å². The van der Waals surface area contributed by atoms with Crippen molar-refractivity contribution < 1.29 is 61.9 Å². The molecule has 0 radical (unpaired) electrons. The van der Waals surface area contributed by atoms with Crippen LogP contribution in [0.1, 0.15) is 85.9 Å². The second-order valence-electron chi connectivity index (χ2n) is 10.2. The monoisotopic (exact) mass is 658 g/mol. The highest BCUT2D eigenvalue weighted by Gasteiger charge is 2.13. The molecule has 47 heavy (non-hydrogen) atoms. The van der Waals surface area contributed by atoms with E-state index in [0.717, 1.165) is 32.6 Å². The third kappa shape index (κ3) is 18.2. The van der Waals surface area contributed by atoms with E-state index in [1.54, 1.807) is 24.3 Å². The van der Waals surface area contributed by atoms with E-state index in [9.17, 15) is 28.8 Å². The number of hydrogen-bond acceptors (Lipinski definition) is 13. The standard InChI is InChI=1S/C34H42O13/c1-25(35)45-31(37)9-7-5-3-4-6-8-10-32(38)47-34(40)28-13-17-30(18-14-28)44-24-22-42-20-19-41-21-23-43-29-15-11-27(12-16-29)33(39)46-26(2)36/h11-18H,3-10,19-24H2,1-2H3. The lowest BCUT2D eigenvalue weighted by atomic mass is 10.1. The van der Waals surface area contributed by atoms with Gasteiger partial charge in [-0.05, 0) is 61.4 Å². The first-order chi connectivity index (χ1) is 22.6. The summed E-state index contributed by atoms with van der Waals surface area (Å²) in [5, 5.41) is 0. The van der Waals surface area contributed by atoms with Crippen LogP contribution >= 0.6 is 0 Å². The molecule has 0 fully saturated rings. The molecule has 13 nitrogen and oxygen atoms in total. The molecule has 2 aromatic carbocycles. The zero-order chi connectivity index (χ0) is 34.3. The molecule has 0 unspecified atom stereocenters. The van der Waals surface area contributed by atoms with Gasteiger partial charge >= 0.3 is 35.8 Å². The number of hydrogen-bond donors (Lipinski definition) is 0. The Balaban J connectivity index is 1.45. The Morgan fingerprint density at radius 3 is 1.23 bits per heavy atom. The van der Waals surface area contributed by atoms with Crippen molar-refractivity contribution in [2.75, 3.05) is 39.6 Å². The Morgan fingerprint density at radius 2 is 0.809 bits per heavy atom. The minimum Gasteiger partial charge on any atom is -0.491 e. The number of esters is 6. The molecular formula is C34H42O13. The summed E-state index contributed by atoms with van der Waals surface area (Å²) >= 11 is 0. The van der Waals surface area contributed by atoms with Crippen LogP contribution in [0.2, 0.25) is 0 Å². The Hall–Kier alpha value is -4.62. The van der Waals surface area contributed by atoms with Gasteiger partial charge in [-0.3, -0.25) is 19.2 Å². The van der Waals surface area contributed by atoms with Gasteiger partial charge < -0.3 is 33.2 Å². The van der Waals surface area contributed by atoms with E-state index >= 15 is 0 Å². The second kappa shape index (κ2) is 22.8. The van der Waals surface area contributed by atoms with Crippen molar-refractivity contribution in [1.29, 1.82) is 0 Å². The first-order valence-electron chi connectivity index (χ1n) is 15.4. The molecule has 0 saturated carbocycles. The van der Waals surface area contributed by atoms with E-state index in [1.165, 1.54) is 31.2 Å². The van der Waals surface area contributed by atoms with E-state index in [1.807, 2.05) is 0 Å². The van der Waals surface area contributed by atoms with Crippen molar-refractivity contribution in [1.82, 2.24) is 0 Å². The van der Waals surface area contributed by atoms with E-state index < -0.39 is 35.8 Å².